The average molecular weight is 222 g/mol. The zero-order chi connectivity index (χ0) is 11.9. The molecule has 0 amide bonds. The first-order valence-corrected chi connectivity index (χ1v) is 5.48. The van der Waals surface area contributed by atoms with Crippen molar-refractivity contribution in [2.24, 2.45) is 5.73 Å². The summed E-state index contributed by atoms with van der Waals surface area (Å²) in [6.07, 6.45) is 3.40. The van der Waals surface area contributed by atoms with Crippen molar-refractivity contribution in [3.8, 4) is 0 Å². The molecule has 1 aromatic rings. The van der Waals surface area contributed by atoms with Gasteiger partial charge in [0.1, 0.15) is 0 Å². The smallest absolute Gasteiger partial charge is 0.293 e. The summed E-state index contributed by atoms with van der Waals surface area (Å²) in [6, 6.07) is 0.171. The molecular weight excluding hydrogens is 204 g/mol. The lowest BCUT2D eigenvalue weighted by Gasteiger charge is -2.37. The highest BCUT2D eigenvalue weighted by Gasteiger charge is 2.28. The van der Waals surface area contributed by atoms with Crippen LogP contribution in [0.2, 0.25) is 0 Å². The second-order valence-corrected chi connectivity index (χ2v) is 5.26. The van der Waals surface area contributed by atoms with Gasteiger partial charge in [-0.25, -0.2) is 4.98 Å². The zero-order valence-corrected chi connectivity index (χ0v) is 9.97. The van der Waals surface area contributed by atoms with E-state index in [1.165, 1.54) is 0 Å². The number of nitrogens with zero attached hydrogens (tertiary/aromatic N) is 3. The Hall–Kier alpha value is -1.36. The van der Waals surface area contributed by atoms with E-state index in [0.717, 1.165) is 13.1 Å². The zero-order valence-electron chi connectivity index (χ0n) is 9.97. The van der Waals surface area contributed by atoms with Gasteiger partial charge < -0.3 is 15.2 Å². The Morgan fingerprint density at radius 3 is 2.56 bits per heavy atom. The van der Waals surface area contributed by atoms with Crippen LogP contribution in [0.4, 0.5) is 5.82 Å². The van der Waals surface area contributed by atoms with E-state index in [1.807, 2.05) is 25.7 Å². The van der Waals surface area contributed by atoms with Crippen LogP contribution in [0.15, 0.2) is 17.2 Å². The van der Waals surface area contributed by atoms with Crippen molar-refractivity contribution < 1.29 is 0 Å². The Morgan fingerprint density at radius 2 is 2.06 bits per heavy atom. The van der Waals surface area contributed by atoms with Crippen molar-refractivity contribution in [1.82, 2.24) is 9.55 Å². The number of nitrogens with two attached hydrogens (primary N) is 1. The molecule has 1 saturated heterocycles. The van der Waals surface area contributed by atoms with Crippen molar-refractivity contribution >= 4 is 5.82 Å². The van der Waals surface area contributed by atoms with Crippen LogP contribution in [-0.4, -0.2) is 28.7 Å². The number of hydrogen-bond acceptors (Lipinski definition) is 4. The van der Waals surface area contributed by atoms with Crippen molar-refractivity contribution in [3.63, 3.8) is 0 Å². The van der Waals surface area contributed by atoms with Crippen LogP contribution in [0.5, 0.6) is 0 Å². The molecule has 1 fully saturated rings. The van der Waals surface area contributed by atoms with Gasteiger partial charge in [0, 0.05) is 37.1 Å². The summed E-state index contributed by atoms with van der Waals surface area (Å²) >= 11 is 0. The lowest BCUT2D eigenvalue weighted by Crippen LogP contribution is -2.58. The van der Waals surface area contributed by atoms with Gasteiger partial charge in [0.15, 0.2) is 5.82 Å². The molecular formula is C11H18N4O. The van der Waals surface area contributed by atoms with Crippen LogP contribution in [0, 0.1) is 0 Å². The minimum atomic E-state index is -0.220. The summed E-state index contributed by atoms with van der Waals surface area (Å²) < 4.78 is 1.71. The van der Waals surface area contributed by atoms with Crippen molar-refractivity contribution in [1.29, 1.82) is 0 Å². The Morgan fingerprint density at radius 1 is 1.44 bits per heavy atom. The Balaban J connectivity index is 2.38. The van der Waals surface area contributed by atoms with Gasteiger partial charge in [-0.2, -0.15) is 0 Å². The first-order valence-electron chi connectivity index (χ1n) is 5.48. The van der Waals surface area contributed by atoms with E-state index in [-0.39, 0.29) is 17.1 Å². The highest BCUT2D eigenvalue weighted by atomic mass is 16.1. The van der Waals surface area contributed by atoms with Gasteiger partial charge in [-0.3, -0.25) is 4.79 Å². The second-order valence-electron chi connectivity index (χ2n) is 5.26. The molecule has 2 heterocycles. The molecule has 0 radical (unpaired) electrons. The maximum Gasteiger partial charge on any atom is 0.293 e. The molecule has 0 bridgehead atoms. The standard InChI is InChI=1S/C11H18N4O/c1-11(2,3)15-5-4-13-9(10(15)16)14-6-8(12)7-14/h4-5,8H,6-7,12H2,1-3H3. The van der Waals surface area contributed by atoms with E-state index in [2.05, 4.69) is 4.98 Å². The quantitative estimate of drug-likeness (QED) is 0.734. The van der Waals surface area contributed by atoms with Crippen molar-refractivity contribution in [3.05, 3.63) is 22.7 Å². The molecule has 0 spiro atoms. The monoisotopic (exact) mass is 222 g/mol. The molecule has 2 N–H and O–H groups in total. The van der Waals surface area contributed by atoms with E-state index in [9.17, 15) is 4.79 Å². The lowest BCUT2D eigenvalue weighted by atomic mass is 10.1. The molecule has 1 aromatic heterocycles. The van der Waals surface area contributed by atoms with E-state index in [4.69, 9.17) is 5.73 Å². The van der Waals surface area contributed by atoms with Gasteiger partial charge in [0.2, 0.25) is 0 Å². The van der Waals surface area contributed by atoms with Crippen LogP contribution >= 0.6 is 0 Å². The summed E-state index contributed by atoms with van der Waals surface area (Å²) in [5, 5.41) is 0. The van der Waals surface area contributed by atoms with Crippen LogP contribution in [0.1, 0.15) is 20.8 Å². The fraction of sp³-hybridized carbons (Fsp3) is 0.636. The first-order chi connectivity index (χ1) is 7.39. The summed E-state index contributed by atoms with van der Waals surface area (Å²) in [5.74, 6) is 0.513. The fourth-order valence-electron chi connectivity index (χ4n) is 1.83. The minimum absolute atomic E-state index is 0.0399. The Kier molecular flexibility index (Phi) is 2.50. The van der Waals surface area contributed by atoms with Crippen LogP contribution < -0.4 is 16.2 Å². The third-order valence-corrected chi connectivity index (χ3v) is 2.75. The molecule has 0 unspecified atom stereocenters. The Labute approximate surface area is 94.9 Å². The lowest BCUT2D eigenvalue weighted by molar-refractivity contribution is 0.380. The van der Waals surface area contributed by atoms with Gasteiger partial charge in [-0.1, -0.05) is 0 Å². The SMILES string of the molecule is CC(C)(C)n1ccnc(N2CC(N)C2)c1=O. The van der Waals surface area contributed by atoms with Gasteiger partial charge >= 0.3 is 0 Å². The molecule has 0 atom stereocenters. The van der Waals surface area contributed by atoms with Crippen molar-refractivity contribution in [2.45, 2.75) is 32.4 Å². The molecule has 1 aliphatic rings. The van der Waals surface area contributed by atoms with Gasteiger partial charge in [-0.05, 0) is 20.8 Å². The number of hydrogen-bond donors (Lipinski definition) is 1. The molecule has 5 nitrogen and oxygen atoms in total. The number of aromatic nitrogens is 2. The molecule has 0 aliphatic carbocycles. The molecule has 2 rings (SSSR count). The van der Waals surface area contributed by atoms with E-state index in [1.54, 1.807) is 17.0 Å². The largest absolute Gasteiger partial charge is 0.349 e. The van der Waals surface area contributed by atoms with E-state index >= 15 is 0 Å². The molecule has 5 heteroatoms. The first kappa shape index (κ1) is 11.1. The van der Waals surface area contributed by atoms with Gasteiger partial charge in [0.25, 0.3) is 5.56 Å². The molecule has 16 heavy (non-hydrogen) atoms. The van der Waals surface area contributed by atoms with Gasteiger partial charge in [0.05, 0.1) is 0 Å². The predicted octanol–water partition coefficient (Wildman–Crippen LogP) is 0.146. The summed E-state index contributed by atoms with van der Waals surface area (Å²) in [4.78, 5) is 18.2. The minimum Gasteiger partial charge on any atom is -0.349 e. The highest BCUT2D eigenvalue weighted by molar-refractivity contribution is 5.40. The van der Waals surface area contributed by atoms with Crippen LogP contribution in [-0.2, 0) is 5.54 Å². The average Bonchev–Trinajstić information content (AvgIpc) is 2.12. The van der Waals surface area contributed by atoms with Crippen LogP contribution in [0.25, 0.3) is 0 Å². The maximum absolute atomic E-state index is 12.2. The number of anilines is 1. The van der Waals surface area contributed by atoms with Gasteiger partial charge in [-0.15, -0.1) is 0 Å². The topological polar surface area (TPSA) is 64.2 Å². The third-order valence-electron chi connectivity index (χ3n) is 2.75. The van der Waals surface area contributed by atoms with Crippen LogP contribution in [0.3, 0.4) is 0 Å². The highest BCUT2D eigenvalue weighted by Crippen LogP contribution is 2.15. The number of rotatable bonds is 1. The second kappa shape index (κ2) is 3.59. The van der Waals surface area contributed by atoms with E-state index < -0.39 is 0 Å². The third kappa shape index (κ3) is 1.82. The summed E-state index contributed by atoms with van der Waals surface area (Å²) in [6.45, 7) is 7.44. The molecule has 88 valence electrons. The van der Waals surface area contributed by atoms with E-state index in [0.29, 0.717) is 5.82 Å². The summed E-state index contributed by atoms with van der Waals surface area (Å²) in [5.41, 5.74) is 5.44. The summed E-state index contributed by atoms with van der Waals surface area (Å²) in [7, 11) is 0. The van der Waals surface area contributed by atoms with Crippen molar-refractivity contribution in [2.75, 3.05) is 18.0 Å². The molecule has 0 saturated carbocycles. The Bertz CT molecular complexity index is 440. The predicted molar refractivity (Wildman–Crippen MR) is 63.7 cm³/mol. The maximum atomic E-state index is 12.2. The molecule has 0 aromatic carbocycles. The fourth-order valence-corrected chi connectivity index (χ4v) is 1.83. The molecule has 1 aliphatic heterocycles. The normalized spacial score (nSPS) is 17.4.